The number of nitrogens with zero attached hydrogens (tertiary/aromatic N) is 2. The molecule has 0 atom stereocenters. The van der Waals surface area contributed by atoms with Crippen LogP contribution in [0.4, 0.5) is 0 Å². The van der Waals surface area contributed by atoms with Gasteiger partial charge in [-0.2, -0.15) is 0 Å². The lowest BCUT2D eigenvalue weighted by atomic mass is 10.2. The van der Waals surface area contributed by atoms with Crippen LogP contribution in [0.3, 0.4) is 0 Å². The van der Waals surface area contributed by atoms with E-state index in [2.05, 4.69) is 10.3 Å². The van der Waals surface area contributed by atoms with E-state index >= 15 is 0 Å². The molecule has 19 heavy (non-hydrogen) atoms. The zero-order valence-corrected chi connectivity index (χ0v) is 10.9. The first kappa shape index (κ1) is 13.1. The van der Waals surface area contributed by atoms with Crippen LogP contribution in [0.2, 0.25) is 0 Å². The summed E-state index contributed by atoms with van der Waals surface area (Å²) in [6.45, 7) is 3.42. The molecule has 1 heterocycles. The number of carbonyl (C=O) groups is 1. The minimum atomic E-state index is -0.0272. The first-order valence-corrected chi connectivity index (χ1v) is 6.16. The molecule has 0 aliphatic rings. The molecule has 0 spiro atoms. The Hall–Kier alpha value is -2.30. The molecule has 5 nitrogen and oxygen atoms in total. The van der Waals surface area contributed by atoms with Gasteiger partial charge in [0.1, 0.15) is 12.4 Å². The molecule has 2 rings (SSSR count). The summed E-state index contributed by atoms with van der Waals surface area (Å²) in [5.41, 5.74) is 1.05. The van der Waals surface area contributed by atoms with E-state index in [0.717, 1.165) is 17.9 Å². The smallest absolute Gasteiger partial charge is 0.217 e. The van der Waals surface area contributed by atoms with Crippen LogP contribution in [0.5, 0.6) is 5.75 Å². The van der Waals surface area contributed by atoms with Crippen molar-refractivity contribution in [3.8, 4) is 5.75 Å². The van der Waals surface area contributed by atoms with Crippen molar-refractivity contribution in [2.45, 2.75) is 20.0 Å². The second kappa shape index (κ2) is 6.58. The molecule has 1 aromatic carbocycles. The maximum atomic E-state index is 10.8. The number of rotatable bonds is 6. The minimum absolute atomic E-state index is 0.0272. The average Bonchev–Trinajstić information content (AvgIpc) is 2.91. The van der Waals surface area contributed by atoms with Gasteiger partial charge in [0.15, 0.2) is 0 Å². The molecule has 1 amide bonds. The highest BCUT2D eigenvalue weighted by atomic mass is 16.5. The third-order valence-corrected chi connectivity index (χ3v) is 2.64. The predicted molar refractivity (Wildman–Crippen MR) is 71.7 cm³/mol. The Bertz CT molecular complexity index is 506. The van der Waals surface area contributed by atoms with Crippen LogP contribution in [0.25, 0.3) is 0 Å². The van der Waals surface area contributed by atoms with E-state index in [-0.39, 0.29) is 5.91 Å². The van der Waals surface area contributed by atoms with Crippen molar-refractivity contribution in [1.82, 2.24) is 14.9 Å². The van der Waals surface area contributed by atoms with Crippen LogP contribution < -0.4 is 10.1 Å². The van der Waals surface area contributed by atoms with Crippen LogP contribution in [0.1, 0.15) is 12.5 Å². The van der Waals surface area contributed by atoms with Gasteiger partial charge >= 0.3 is 0 Å². The maximum Gasteiger partial charge on any atom is 0.217 e. The van der Waals surface area contributed by atoms with E-state index in [1.165, 1.54) is 6.92 Å². The molecular weight excluding hydrogens is 242 g/mol. The van der Waals surface area contributed by atoms with Gasteiger partial charge in [-0.3, -0.25) is 4.79 Å². The van der Waals surface area contributed by atoms with Gasteiger partial charge in [-0.1, -0.05) is 12.1 Å². The Balaban J connectivity index is 1.76. The number of amides is 1. The number of ether oxygens (including phenoxy) is 1. The van der Waals surface area contributed by atoms with Crippen LogP contribution in [-0.2, 0) is 17.9 Å². The fraction of sp³-hybridized carbons (Fsp3) is 0.286. The highest BCUT2D eigenvalue weighted by Crippen LogP contribution is 2.12. The normalized spacial score (nSPS) is 10.2. The minimum Gasteiger partial charge on any atom is -0.492 e. The van der Waals surface area contributed by atoms with Gasteiger partial charge in [0.05, 0.1) is 12.9 Å². The van der Waals surface area contributed by atoms with E-state index < -0.39 is 0 Å². The topological polar surface area (TPSA) is 56.1 Å². The Morgan fingerprint density at radius 2 is 2.16 bits per heavy atom. The Morgan fingerprint density at radius 3 is 2.79 bits per heavy atom. The van der Waals surface area contributed by atoms with Crippen molar-refractivity contribution in [1.29, 1.82) is 0 Å². The second-order valence-electron chi connectivity index (χ2n) is 4.20. The Kier molecular flexibility index (Phi) is 4.55. The van der Waals surface area contributed by atoms with Gasteiger partial charge in [-0.05, 0) is 17.7 Å². The predicted octanol–water partition coefficient (Wildman–Crippen LogP) is 1.60. The molecule has 0 unspecified atom stereocenters. The van der Waals surface area contributed by atoms with Gasteiger partial charge in [0, 0.05) is 25.9 Å². The molecular formula is C14H17N3O2. The zero-order valence-electron chi connectivity index (χ0n) is 10.9. The van der Waals surface area contributed by atoms with Crippen molar-refractivity contribution in [2.75, 3.05) is 6.61 Å². The van der Waals surface area contributed by atoms with E-state index in [0.29, 0.717) is 13.2 Å². The Morgan fingerprint density at radius 1 is 1.37 bits per heavy atom. The number of benzene rings is 1. The molecule has 1 N–H and O–H groups in total. The number of hydrogen-bond donors (Lipinski definition) is 1. The molecule has 100 valence electrons. The van der Waals surface area contributed by atoms with E-state index in [1.807, 2.05) is 35.0 Å². The van der Waals surface area contributed by atoms with Crippen LogP contribution >= 0.6 is 0 Å². The number of nitrogens with one attached hydrogen (secondary N) is 1. The van der Waals surface area contributed by atoms with Crippen LogP contribution in [-0.4, -0.2) is 22.1 Å². The number of imidazole rings is 1. The van der Waals surface area contributed by atoms with E-state index in [9.17, 15) is 4.79 Å². The number of aromatic nitrogens is 2. The number of hydrogen-bond acceptors (Lipinski definition) is 3. The fourth-order valence-corrected chi connectivity index (χ4v) is 1.62. The molecule has 5 heteroatoms. The first-order valence-electron chi connectivity index (χ1n) is 6.16. The summed E-state index contributed by atoms with van der Waals surface area (Å²) >= 11 is 0. The highest BCUT2D eigenvalue weighted by Gasteiger charge is 1.97. The van der Waals surface area contributed by atoms with Crippen LogP contribution in [0.15, 0.2) is 43.0 Å². The summed E-state index contributed by atoms with van der Waals surface area (Å²) in [6, 6.07) is 7.71. The van der Waals surface area contributed by atoms with E-state index in [1.54, 1.807) is 12.5 Å². The highest BCUT2D eigenvalue weighted by molar-refractivity contribution is 5.72. The van der Waals surface area contributed by atoms with Gasteiger partial charge in [-0.25, -0.2) is 4.98 Å². The van der Waals surface area contributed by atoms with Crippen molar-refractivity contribution in [2.24, 2.45) is 0 Å². The third kappa shape index (κ3) is 4.46. The van der Waals surface area contributed by atoms with E-state index in [4.69, 9.17) is 4.74 Å². The Labute approximate surface area is 112 Å². The summed E-state index contributed by atoms with van der Waals surface area (Å²) in [6.07, 6.45) is 5.41. The van der Waals surface area contributed by atoms with Crippen molar-refractivity contribution >= 4 is 5.91 Å². The quantitative estimate of drug-likeness (QED) is 0.857. The maximum absolute atomic E-state index is 10.8. The molecule has 0 aliphatic heterocycles. The molecule has 1 aromatic heterocycles. The summed E-state index contributed by atoms with van der Waals surface area (Å²) in [5, 5.41) is 2.75. The molecule has 0 saturated heterocycles. The summed E-state index contributed by atoms with van der Waals surface area (Å²) in [7, 11) is 0. The first-order chi connectivity index (χ1) is 9.24. The van der Waals surface area contributed by atoms with Gasteiger partial charge in [0.2, 0.25) is 5.91 Å². The van der Waals surface area contributed by atoms with Gasteiger partial charge < -0.3 is 14.6 Å². The number of carbonyl (C=O) groups excluding carboxylic acids is 1. The lowest BCUT2D eigenvalue weighted by molar-refractivity contribution is -0.119. The SMILES string of the molecule is CC(=O)NCc1ccc(OCCn2ccnc2)cc1. The fourth-order valence-electron chi connectivity index (χ4n) is 1.62. The second-order valence-corrected chi connectivity index (χ2v) is 4.20. The van der Waals surface area contributed by atoms with Crippen molar-refractivity contribution in [3.05, 3.63) is 48.5 Å². The molecule has 0 fully saturated rings. The largest absolute Gasteiger partial charge is 0.492 e. The van der Waals surface area contributed by atoms with Gasteiger partial charge in [0.25, 0.3) is 0 Å². The summed E-state index contributed by atoms with van der Waals surface area (Å²) in [4.78, 5) is 14.8. The molecule has 0 saturated carbocycles. The summed E-state index contributed by atoms with van der Waals surface area (Å²) < 4.78 is 7.59. The molecule has 0 radical (unpaired) electrons. The monoisotopic (exact) mass is 259 g/mol. The summed E-state index contributed by atoms with van der Waals surface area (Å²) in [5.74, 6) is 0.798. The van der Waals surface area contributed by atoms with Crippen molar-refractivity contribution in [3.63, 3.8) is 0 Å². The third-order valence-electron chi connectivity index (χ3n) is 2.64. The lowest BCUT2D eigenvalue weighted by Gasteiger charge is -2.08. The molecule has 0 bridgehead atoms. The lowest BCUT2D eigenvalue weighted by Crippen LogP contribution is -2.18. The van der Waals surface area contributed by atoms with Crippen LogP contribution in [0, 0.1) is 0 Å². The zero-order chi connectivity index (χ0) is 13.5. The standard InChI is InChI=1S/C14H17N3O2/c1-12(18)16-10-13-2-4-14(5-3-13)19-9-8-17-7-6-15-11-17/h2-7,11H,8-10H2,1H3,(H,16,18). The van der Waals surface area contributed by atoms with Crippen molar-refractivity contribution < 1.29 is 9.53 Å². The van der Waals surface area contributed by atoms with Gasteiger partial charge in [-0.15, -0.1) is 0 Å². The molecule has 2 aromatic rings. The average molecular weight is 259 g/mol. The molecule has 0 aliphatic carbocycles.